The molecular formula is C30H22FN7O2. The summed E-state index contributed by atoms with van der Waals surface area (Å²) >= 11 is 0. The van der Waals surface area contributed by atoms with Gasteiger partial charge in [0, 0.05) is 46.9 Å². The monoisotopic (exact) mass is 531 g/mol. The van der Waals surface area contributed by atoms with Crippen LogP contribution in [0.2, 0.25) is 0 Å². The van der Waals surface area contributed by atoms with Gasteiger partial charge < -0.3 is 10.6 Å². The number of para-hydroxylation sites is 1. The Kier molecular flexibility index (Phi) is 5.66. The molecule has 1 atom stereocenters. The van der Waals surface area contributed by atoms with Gasteiger partial charge in [0.1, 0.15) is 17.1 Å². The Morgan fingerprint density at radius 1 is 0.975 bits per heavy atom. The lowest BCUT2D eigenvalue weighted by Gasteiger charge is -2.13. The molecule has 10 heteroatoms. The number of aliphatic imine (C=N–C) groups is 1. The first-order valence-electron chi connectivity index (χ1n) is 12.9. The average Bonchev–Trinajstić information content (AvgIpc) is 3.78. The summed E-state index contributed by atoms with van der Waals surface area (Å²) in [6.45, 7) is 0. The number of pyridine rings is 1. The standard InChI is InChI=1S/C30H22FN7O2/c31-21-9-4-8-20-24(18-6-2-1-3-7-18)34-27(30(40)35-26(20)21)36-29(39)23-25(37-38-15-5-14-32-28(23)38)19-12-13-22(33-16-19)17-10-11-17/h1-9,12-17,27H,10-11H2,(H,35,40)(H,36,39)/t27-/m1/s1. The van der Waals surface area contributed by atoms with Gasteiger partial charge >= 0.3 is 0 Å². The molecule has 0 radical (unpaired) electrons. The molecule has 1 fully saturated rings. The lowest BCUT2D eigenvalue weighted by atomic mass is 10.0. The molecule has 196 valence electrons. The van der Waals surface area contributed by atoms with Crippen LogP contribution in [0.5, 0.6) is 0 Å². The number of nitrogens with zero attached hydrogens (tertiary/aromatic N) is 5. The minimum absolute atomic E-state index is 0.00650. The van der Waals surface area contributed by atoms with E-state index in [0.29, 0.717) is 39.7 Å². The molecule has 9 nitrogen and oxygen atoms in total. The van der Waals surface area contributed by atoms with E-state index in [2.05, 4.69) is 30.7 Å². The van der Waals surface area contributed by atoms with Crippen LogP contribution < -0.4 is 10.6 Å². The van der Waals surface area contributed by atoms with Crippen molar-refractivity contribution in [3.63, 3.8) is 0 Å². The highest BCUT2D eigenvalue weighted by atomic mass is 19.1. The van der Waals surface area contributed by atoms with Crippen LogP contribution in [0.25, 0.3) is 16.9 Å². The number of benzodiazepines with no additional fused rings is 1. The quantitative estimate of drug-likeness (QED) is 0.350. The molecule has 2 aliphatic rings. The molecule has 3 aromatic heterocycles. The minimum atomic E-state index is -1.35. The highest BCUT2D eigenvalue weighted by Crippen LogP contribution is 2.39. The predicted molar refractivity (Wildman–Crippen MR) is 147 cm³/mol. The van der Waals surface area contributed by atoms with Gasteiger partial charge in [0.15, 0.2) is 5.65 Å². The van der Waals surface area contributed by atoms with Gasteiger partial charge in [-0.2, -0.15) is 5.10 Å². The summed E-state index contributed by atoms with van der Waals surface area (Å²) in [7, 11) is 0. The van der Waals surface area contributed by atoms with Crippen molar-refractivity contribution in [1.29, 1.82) is 0 Å². The molecule has 40 heavy (non-hydrogen) atoms. The molecule has 2 amide bonds. The number of fused-ring (bicyclic) bond motifs is 2. The number of anilines is 1. The average molecular weight is 532 g/mol. The van der Waals surface area contributed by atoms with E-state index in [1.165, 1.54) is 10.6 Å². The molecule has 1 aliphatic heterocycles. The van der Waals surface area contributed by atoms with E-state index < -0.39 is 23.8 Å². The van der Waals surface area contributed by atoms with Crippen molar-refractivity contribution in [3.8, 4) is 11.3 Å². The molecule has 2 N–H and O–H groups in total. The van der Waals surface area contributed by atoms with Crippen molar-refractivity contribution in [2.45, 2.75) is 24.9 Å². The second-order valence-corrected chi connectivity index (χ2v) is 9.73. The Morgan fingerprint density at radius 3 is 2.60 bits per heavy atom. The lowest BCUT2D eigenvalue weighted by Crippen LogP contribution is -2.42. The third-order valence-electron chi connectivity index (χ3n) is 7.02. The first-order valence-corrected chi connectivity index (χ1v) is 12.9. The van der Waals surface area contributed by atoms with E-state index in [0.717, 1.165) is 18.5 Å². The minimum Gasteiger partial charge on any atom is -0.322 e. The SMILES string of the molecule is O=C(N[C@H]1N=C(c2ccccc2)c2cccc(F)c2NC1=O)c1c(-c2ccc(C3CC3)nc2)nn2cccnc12. The van der Waals surface area contributed by atoms with Crippen molar-refractivity contribution < 1.29 is 14.0 Å². The van der Waals surface area contributed by atoms with Crippen molar-refractivity contribution in [1.82, 2.24) is 24.9 Å². The molecule has 5 aromatic rings. The highest BCUT2D eigenvalue weighted by Gasteiger charge is 2.32. The fourth-order valence-corrected chi connectivity index (χ4v) is 4.88. The predicted octanol–water partition coefficient (Wildman–Crippen LogP) is 4.35. The zero-order valence-corrected chi connectivity index (χ0v) is 21.1. The number of carbonyl (C=O) groups excluding carboxylic acids is 2. The van der Waals surface area contributed by atoms with Crippen LogP contribution in [0, 0.1) is 5.82 Å². The molecule has 2 aromatic carbocycles. The number of benzene rings is 2. The Labute approximate surface area is 227 Å². The van der Waals surface area contributed by atoms with Crippen molar-refractivity contribution in [2.75, 3.05) is 5.32 Å². The normalized spacial score (nSPS) is 16.6. The number of nitrogens with one attached hydrogen (secondary N) is 2. The number of carbonyl (C=O) groups is 2. The van der Waals surface area contributed by atoms with Crippen molar-refractivity contribution in [3.05, 3.63) is 114 Å². The van der Waals surface area contributed by atoms with E-state index >= 15 is 0 Å². The zero-order chi connectivity index (χ0) is 27.2. The van der Waals surface area contributed by atoms with E-state index in [4.69, 9.17) is 0 Å². The van der Waals surface area contributed by atoms with Gasteiger partial charge in [0.25, 0.3) is 11.8 Å². The maximum atomic E-state index is 14.8. The summed E-state index contributed by atoms with van der Waals surface area (Å²) in [5.74, 6) is -1.39. The Bertz CT molecular complexity index is 1810. The van der Waals surface area contributed by atoms with E-state index in [1.807, 2.05) is 42.5 Å². The second-order valence-electron chi connectivity index (χ2n) is 9.73. The van der Waals surface area contributed by atoms with Crippen LogP contribution in [0.1, 0.15) is 45.9 Å². The molecular weight excluding hydrogens is 509 g/mol. The van der Waals surface area contributed by atoms with Gasteiger partial charge in [0.05, 0.1) is 11.4 Å². The molecule has 0 bridgehead atoms. The number of aromatic nitrogens is 4. The fourth-order valence-electron chi connectivity index (χ4n) is 4.88. The number of rotatable bonds is 5. The maximum Gasteiger partial charge on any atom is 0.269 e. The van der Waals surface area contributed by atoms with Gasteiger partial charge in [-0.1, -0.05) is 42.5 Å². The second kappa shape index (κ2) is 9.49. The first kappa shape index (κ1) is 23.8. The highest BCUT2D eigenvalue weighted by molar-refractivity contribution is 6.20. The van der Waals surface area contributed by atoms with Gasteiger partial charge in [0.2, 0.25) is 6.17 Å². The summed E-state index contributed by atoms with van der Waals surface area (Å²) < 4.78 is 16.4. The lowest BCUT2D eigenvalue weighted by molar-refractivity contribution is -0.117. The Hall–Kier alpha value is -5.25. The van der Waals surface area contributed by atoms with E-state index in [-0.39, 0.29) is 11.3 Å². The molecule has 1 saturated carbocycles. The largest absolute Gasteiger partial charge is 0.322 e. The van der Waals surface area contributed by atoms with Gasteiger partial charge in [-0.3, -0.25) is 14.6 Å². The van der Waals surface area contributed by atoms with Crippen LogP contribution in [0.15, 0.2) is 90.3 Å². The summed E-state index contributed by atoms with van der Waals surface area (Å²) in [5, 5.41) is 9.94. The summed E-state index contributed by atoms with van der Waals surface area (Å²) in [4.78, 5) is 40.7. The number of halogens is 1. The topological polar surface area (TPSA) is 114 Å². The number of hydrogen-bond acceptors (Lipinski definition) is 6. The third-order valence-corrected chi connectivity index (χ3v) is 7.02. The molecule has 7 rings (SSSR count). The number of amides is 2. The van der Waals surface area contributed by atoms with E-state index in [1.54, 1.807) is 36.8 Å². The van der Waals surface area contributed by atoms with Gasteiger partial charge in [-0.15, -0.1) is 0 Å². The molecule has 0 spiro atoms. The van der Waals surface area contributed by atoms with Gasteiger partial charge in [-0.05, 0) is 37.1 Å². The van der Waals surface area contributed by atoms with Crippen molar-refractivity contribution >= 4 is 28.9 Å². The van der Waals surface area contributed by atoms with Crippen LogP contribution in [-0.2, 0) is 4.79 Å². The molecule has 0 unspecified atom stereocenters. The van der Waals surface area contributed by atoms with Gasteiger partial charge in [-0.25, -0.2) is 18.9 Å². The van der Waals surface area contributed by atoms with Crippen LogP contribution in [0.3, 0.4) is 0 Å². The molecule has 1 aliphatic carbocycles. The molecule has 0 saturated heterocycles. The first-order chi connectivity index (χ1) is 19.6. The van der Waals surface area contributed by atoms with Crippen LogP contribution in [-0.4, -0.2) is 43.3 Å². The summed E-state index contributed by atoms with van der Waals surface area (Å²) in [5.41, 5.74) is 4.00. The van der Waals surface area contributed by atoms with Crippen LogP contribution >= 0.6 is 0 Å². The molecule has 4 heterocycles. The van der Waals surface area contributed by atoms with Crippen molar-refractivity contribution in [2.24, 2.45) is 4.99 Å². The Morgan fingerprint density at radius 2 is 1.82 bits per heavy atom. The smallest absolute Gasteiger partial charge is 0.269 e. The summed E-state index contributed by atoms with van der Waals surface area (Å²) in [6, 6.07) is 19.2. The zero-order valence-electron chi connectivity index (χ0n) is 21.1. The third kappa shape index (κ3) is 4.19. The number of hydrogen-bond donors (Lipinski definition) is 2. The Balaban J connectivity index is 1.30. The van der Waals surface area contributed by atoms with Crippen LogP contribution in [0.4, 0.5) is 10.1 Å². The maximum absolute atomic E-state index is 14.8. The summed E-state index contributed by atoms with van der Waals surface area (Å²) in [6.07, 6.45) is 5.86. The van der Waals surface area contributed by atoms with E-state index in [9.17, 15) is 14.0 Å². The fraction of sp³-hybridized carbons (Fsp3) is 0.133.